The molecule has 0 fully saturated rings. The molecule has 0 N–H and O–H groups in total. The van der Waals surface area contributed by atoms with Crippen molar-refractivity contribution in [2.75, 3.05) is 0 Å². The molecule has 618 valence electrons. The van der Waals surface area contributed by atoms with E-state index in [9.17, 15) is 0 Å². The van der Waals surface area contributed by atoms with Crippen LogP contribution in [-0.4, -0.2) is 78.5 Å². The molecule has 0 aliphatic heterocycles. The number of hydrogen-bond acceptors (Lipinski definition) is 16. The topological polar surface area (TPSA) is 222 Å². The van der Waals surface area contributed by atoms with Crippen LogP contribution >= 0.6 is 0 Å². The molecule has 0 spiro atoms. The lowest BCUT2D eigenvalue weighted by molar-refractivity contribution is 0.663. The van der Waals surface area contributed by atoms with E-state index >= 15 is 0 Å². The fraction of sp³-hybridized carbons (Fsp3) is 0. The molecule has 0 aliphatic carbocycles. The van der Waals surface area contributed by atoms with E-state index in [4.69, 9.17) is 78.0 Å². The zero-order chi connectivity index (χ0) is 87.1. The van der Waals surface area contributed by atoms with E-state index in [-0.39, 0.29) is 0 Å². The summed E-state index contributed by atoms with van der Waals surface area (Å²) in [7, 11) is 0. The first-order valence-corrected chi connectivity index (χ1v) is 43.3. The van der Waals surface area contributed by atoms with Gasteiger partial charge in [0.15, 0.2) is 52.4 Å². The summed E-state index contributed by atoms with van der Waals surface area (Å²) in [5.41, 5.74) is 20.9. The summed E-state index contributed by atoms with van der Waals surface area (Å²) in [6, 6.07) is 128. The minimum Gasteiger partial charge on any atom is -0.456 e. The minimum atomic E-state index is 0.510. The molecule has 19 heteroatoms. The van der Waals surface area contributed by atoms with Gasteiger partial charge in [-0.05, 0) is 107 Å². The molecule has 12 heterocycles. The fourth-order valence-corrected chi connectivity index (χ4v) is 18.3. The fourth-order valence-electron chi connectivity index (χ4n) is 18.3. The Balaban J connectivity index is 0.000000106. The summed E-state index contributed by atoms with van der Waals surface area (Å²) in [6.45, 7) is 0. The molecule has 19 nitrogen and oxygen atoms in total. The summed E-state index contributed by atoms with van der Waals surface area (Å²) in [6.07, 6.45) is 9.16. The first-order valence-electron chi connectivity index (χ1n) is 43.3. The SMILES string of the molecule is c1ccc(-c2nc(-c3ccccc3)nc(-c3ccc(-n4c5cccc6oc7ccccc7c7cccc4c7c65)cn3)n2)cc1.c1ccc(-c2nc(-c3ccccc3)nc(-c3cnc(-n4c5cccc6oc7ccccc7c7cccc4c7c65)nc3)n2)cc1.c1ccc(-c2nc(-c3ccccc3)nc(-c3cncc(-n4c5cccc6oc7ccccc7c7cccc4c7c65)c3)n2)cc1. The van der Waals surface area contributed by atoms with Crippen LogP contribution in [0.2, 0.25) is 0 Å². The number of fused-ring (bicyclic) bond motifs is 6. The predicted octanol–water partition coefficient (Wildman–Crippen LogP) is 27.2. The zero-order valence-corrected chi connectivity index (χ0v) is 70.1. The largest absolute Gasteiger partial charge is 0.456 e. The van der Waals surface area contributed by atoms with Crippen LogP contribution in [0.3, 0.4) is 0 Å². The number of para-hydroxylation sites is 3. The Labute approximate surface area is 751 Å². The Morgan fingerprint density at radius 3 is 0.811 bits per heavy atom. The smallest absolute Gasteiger partial charge is 0.234 e. The van der Waals surface area contributed by atoms with E-state index < -0.39 is 0 Å². The van der Waals surface area contributed by atoms with Gasteiger partial charge in [-0.1, -0.05) is 291 Å². The molecule has 0 amide bonds. The van der Waals surface area contributed by atoms with Crippen LogP contribution in [0, 0.1) is 0 Å². The molecular formula is C113H68N16O3. The normalized spacial score (nSPS) is 11.6. The third kappa shape index (κ3) is 13.3. The molecule has 132 heavy (non-hydrogen) atoms. The molecule has 0 atom stereocenters. The monoisotopic (exact) mass is 1700 g/mol. The highest BCUT2D eigenvalue weighted by Gasteiger charge is 2.26. The highest BCUT2D eigenvalue weighted by atomic mass is 16.3. The summed E-state index contributed by atoms with van der Waals surface area (Å²) < 4.78 is 26.1. The third-order valence-electron chi connectivity index (χ3n) is 24.2. The van der Waals surface area contributed by atoms with Gasteiger partial charge in [-0.15, -0.1) is 0 Å². The molecule has 12 aromatic heterocycles. The summed E-state index contributed by atoms with van der Waals surface area (Å²) >= 11 is 0. The van der Waals surface area contributed by atoms with Crippen molar-refractivity contribution in [3.05, 3.63) is 413 Å². The van der Waals surface area contributed by atoms with Crippen molar-refractivity contribution in [1.82, 2.24) is 78.5 Å². The van der Waals surface area contributed by atoms with Crippen LogP contribution < -0.4 is 0 Å². The second-order valence-electron chi connectivity index (χ2n) is 32.1. The Kier molecular flexibility index (Phi) is 18.3. The molecule has 0 radical (unpaired) electrons. The van der Waals surface area contributed by atoms with Gasteiger partial charge in [0.25, 0.3) is 0 Å². The van der Waals surface area contributed by atoms with Gasteiger partial charge in [0.05, 0.1) is 78.6 Å². The first-order chi connectivity index (χ1) is 65.4. The van der Waals surface area contributed by atoms with Crippen LogP contribution in [0.1, 0.15) is 0 Å². The van der Waals surface area contributed by atoms with Gasteiger partial charge in [0, 0.05) is 89.9 Å². The Morgan fingerprint density at radius 1 is 0.174 bits per heavy atom. The minimum absolute atomic E-state index is 0.510. The molecule has 0 saturated carbocycles. The van der Waals surface area contributed by atoms with Gasteiger partial charge in [-0.25, -0.2) is 54.8 Å². The molecule has 27 rings (SSSR count). The average molecular weight is 1700 g/mol. The standard InChI is InChI=1S/2C38H23N5O.C37H22N6O/c1-3-11-24(12-4-1)36-40-37(25-13-5-2-6-14-25)42-38(41-36)26-21-27(23-39-22-26)43-30-17-9-16-29-28-15-7-8-19-32(28)44-33-20-10-18-31(43)35(33)34(29)30;1-3-11-24(12-4-1)36-40-37(25-13-5-2-6-14-25)42-38(41-36)29-22-21-26(23-39-29)43-30-17-9-16-28-27-15-7-8-19-32(27)44-33-20-10-18-31(43)35(33)34(28)30;1-3-11-23(12-4-1)34-40-35(24-13-5-2-6-14-24)42-36(41-34)25-21-38-37(39-22-25)43-28-17-9-16-27-26-15-7-8-19-30(26)44-31-20-10-18-29(43)33(31)32(27)28/h2*1-23H;1-22H. The second kappa shape index (κ2) is 31.9. The number of aromatic nitrogens is 16. The number of nitrogens with zero attached hydrogens (tertiary/aromatic N) is 16. The molecule has 0 saturated heterocycles. The van der Waals surface area contributed by atoms with Crippen molar-refractivity contribution < 1.29 is 13.3 Å². The van der Waals surface area contributed by atoms with Gasteiger partial charge >= 0.3 is 0 Å². The molecular weight excluding hydrogens is 1630 g/mol. The van der Waals surface area contributed by atoms with E-state index in [1.165, 1.54) is 5.39 Å². The van der Waals surface area contributed by atoms with Crippen LogP contribution in [0.15, 0.2) is 426 Å². The average Bonchev–Trinajstić information content (AvgIpc) is 1.57. The van der Waals surface area contributed by atoms with E-state index in [0.717, 1.165) is 176 Å². The lowest BCUT2D eigenvalue weighted by Gasteiger charge is -2.11. The lowest BCUT2D eigenvalue weighted by atomic mass is 10.1. The van der Waals surface area contributed by atoms with Gasteiger partial charge in [0.2, 0.25) is 5.95 Å². The molecule has 15 aromatic carbocycles. The third-order valence-corrected chi connectivity index (χ3v) is 24.2. The van der Waals surface area contributed by atoms with Crippen LogP contribution in [0.25, 0.3) is 251 Å². The van der Waals surface area contributed by atoms with E-state index in [1.807, 2.05) is 286 Å². The van der Waals surface area contributed by atoms with Crippen LogP contribution in [-0.2, 0) is 0 Å². The van der Waals surface area contributed by atoms with Crippen molar-refractivity contribution in [3.8, 4) is 120 Å². The highest BCUT2D eigenvalue weighted by molar-refractivity contribution is 6.29. The van der Waals surface area contributed by atoms with Gasteiger partial charge in [0.1, 0.15) is 39.2 Å². The van der Waals surface area contributed by atoms with E-state index in [0.29, 0.717) is 69.6 Å². The Bertz CT molecular complexity index is 8620. The van der Waals surface area contributed by atoms with Crippen LogP contribution in [0.5, 0.6) is 0 Å². The molecule has 0 bridgehead atoms. The van der Waals surface area contributed by atoms with Crippen molar-refractivity contribution in [3.63, 3.8) is 0 Å². The van der Waals surface area contributed by atoms with Gasteiger partial charge < -0.3 is 22.4 Å². The number of rotatable bonds is 12. The lowest BCUT2D eigenvalue weighted by Crippen LogP contribution is -2.03. The van der Waals surface area contributed by atoms with Crippen molar-refractivity contribution in [1.29, 1.82) is 0 Å². The highest BCUT2D eigenvalue weighted by Crippen LogP contribution is 2.46. The first kappa shape index (κ1) is 76.0. The number of benzene rings is 15. The number of pyridine rings is 2. The maximum absolute atomic E-state index is 6.52. The second-order valence-corrected chi connectivity index (χ2v) is 32.1. The molecule has 0 aliphatic rings. The predicted molar refractivity (Wildman–Crippen MR) is 524 cm³/mol. The molecule has 27 aromatic rings. The maximum Gasteiger partial charge on any atom is 0.234 e. The van der Waals surface area contributed by atoms with Crippen molar-refractivity contribution in [2.45, 2.75) is 0 Å². The zero-order valence-electron chi connectivity index (χ0n) is 70.1. The van der Waals surface area contributed by atoms with E-state index in [2.05, 4.69) is 129 Å². The van der Waals surface area contributed by atoms with Gasteiger partial charge in [-0.3, -0.25) is 14.5 Å². The van der Waals surface area contributed by atoms with Crippen LogP contribution in [0.4, 0.5) is 0 Å². The Morgan fingerprint density at radius 2 is 0.455 bits per heavy atom. The maximum atomic E-state index is 6.52. The Hall–Kier alpha value is -18.5. The van der Waals surface area contributed by atoms with Crippen molar-refractivity contribution >= 4 is 131 Å². The summed E-state index contributed by atoms with van der Waals surface area (Å²) in [5, 5.41) is 13.3. The van der Waals surface area contributed by atoms with Gasteiger partial charge in [-0.2, -0.15) is 0 Å². The molecule has 0 unspecified atom stereocenters. The van der Waals surface area contributed by atoms with E-state index in [1.54, 1.807) is 12.4 Å². The summed E-state index contributed by atoms with van der Waals surface area (Å²) in [4.78, 5) is 63.0. The number of hydrogen-bond donors (Lipinski definition) is 0. The van der Waals surface area contributed by atoms with Crippen molar-refractivity contribution in [2.24, 2.45) is 0 Å². The quantitative estimate of drug-likeness (QED) is 0.111. The summed E-state index contributed by atoms with van der Waals surface area (Å²) in [5.74, 6) is 5.78.